The van der Waals surface area contributed by atoms with Gasteiger partial charge in [-0.15, -0.1) is 0 Å². The van der Waals surface area contributed by atoms with Crippen molar-refractivity contribution < 1.29 is 0 Å². The van der Waals surface area contributed by atoms with Crippen molar-refractivity contribution in [2.24, 2.45) is 5.92 Å². The zero-order valence-electron chi connectivity index (χ0n) is 13.2. The summed E-state index contributed by atoms with van der Waals surface area (Å²) in [7, 11) is 0. The molecule has 2 heterocycles. The second kappa shape index (κ2) is 6.25. The Kier molecular flexibility index (Phi) is 3.98. The van der Waals surface area contributed by atoms with Gasteiger partial charge in [-0.3, -0.25) is 4.90 Å². The Morgan fingerprint density at radius 3 is 2.77 bits per heavy atom. The molecule has 1 atom stereocenters. The summed E-state index contributed by atoms with van der Waals surface area (Å²) in [6, 6.07) is 10.9. The summed E-state index contributed by atoms with van der Waals surface area (Å²) in [5.41, 5.74) is 1.44. The first-order valence-electron chi connectivity index (χ1n) is 8.66. The zero-order chi connectivity index (χ0) is 14.8. The van der Waals surface area contributed by atoms with Crippen molar-refractivity contribution in [1.82, 2.24) is 14.5 Å². The minimum Gasteiger partial charge on any atom is -0.335 e. The number of likely N-dealkylation sites (tertiary alicyclic amines) is 1. The van der Waals surface area contributed by atoms with E-state index in [9.17, 15) is 0 Å². The van der Waals surface area contributed by atoms with E-state index in [0.29, 0.717) is 0 Å². The first-order chi connectivity index (χ1) is 10.9. The van der Waals surface area contributed by atoms with E-state index in [0.717, 1.165) is 24.9 Å². The lowest BCUT2D eigenvalue weighted by atomic mass is 10.1. The standard InChI is InChI=1S/C19H25N3/c1-2-4-16(5-3-1)14-21-11-8-17(15-21)9-12-22-13-10-20-19(22)18-6-7-18/h1-5,10,13,17-18H,6-9,11-12,14-15H2/t17-/m0/s1. The molecule has 1 saturated carbocycles. The predicted molar refractivity (Wildman–Crippen MR) is 88.6 cm³/mol. The van der Waals surface area contributed by atoms with Crippen LogP contribution in [0.5, 0.6) is 0 Å². The minimum atomic E-state index is 0.758. The van der Waals surface area contributed by atoms with E-state index in [1.165, 1.54) is 50.2 Å². The van der Waals surface area contributed by atoms with Gasteiger partial charge in [0.05, 0.1) is 0 Å². The molecule has 22 heavy (non-hydrogen) atoms. The molecule has 3 heteroatoms. The van der Waals surface area contributed by atoms with Gasteiger partial charge < -0.3 is 4.57 Å². The van der Waals surface area contributed by atoms with Gasteiger partial charge in [-0.05, 0) is 43.7 Å². The minimum absolute atomic E-state index is 0.758. The Morgan fingerprint density at radius 1 is 1.09 bits per heavy atom. The first kappa shape index (κ1) is 14.0. The number of benzene rings is 1. The molecule has 0 amide bonds. The lowest BCUT2D eigenvalue weighted by Gasteiger charge is -2.16. The molecule has 2 fully saturated rings. The number of hydrogen-bond acceptors (Lipinski definition) is 2. The van der Waals surface area contributed by atoms with Crippen molar-refractivity contribution in [2.45, 2.75) is 44.7 Å². The van der Waals surface area contributed by atoms with Gasteiger partial charge in [0.25, 0.3) is 0 Å². The molecule has 0 bridgehead atoms. The summed E-state index contributed by atoms with van der Waals surface area (Å²) in [6.45, 7) is 4.76. The summed E-state index contributed by atoms with van der Waals surface area (Å²) in [5.74, 6) is 2.94. The van der Waals surface area contributed by atoms with Crippen molar-refractivity contribution in [3.63, 3.8) is 0 Å². The highest BCUT2D eigenvalue weighted by molar-refractivity contribution is 5.14. The van der Waals surface area contributed by atoms with E-state index in [1.54, 1.807) is 0 Å². The SMILES string of the molecule is c1ccc(CN2CC[C@@H](CCn3ccnc3C3CC3)C2)cc1. The van der Waals surface area contributed by atoms with Crippen LogP contribution in [-0.2, 0) is 13.1 Å². The van der Waals surface area contributed by atoms with Crippen LogP contribution in [0.25, 0.3) is 0 Å². The summed E-state index contributed by atoms with van der Waals surface area (Å²) >= 11 is 0. The third kappa shape index (κ3) is 3.25. The Balaban J connectivity index is 1.27. The Morgan fingerprint density at radius 2 is 1.95 bits per heavy atom. The van der Waals surface area contributed by atoms with E-state index in [1.807, 2.05) is 6.20 Å². The molecule has 1 aliphatic heterocycles. The predicted octanol–water partition coefficient (Wildman–Crippen LogP) is 3.67. The lowest BCUT2D eigenvalue weighted by Crippen LogP contribution is -2.20. The normalized spacial score (nSPS) is 22.3. The molecule has 1 saturated heterocycles. The lowest BCUT2D eigenvalue weighted by molar-refractivity contribution is 0.310. The molecule has 116 valence electrons. The highest BCUT2D eigenvalue weighted by atomic mass is 15.1. The third-order valence-electron chi connectivity index (χ3n) is 5.09. The number of aromatic nitrogens is 2. The third-order valence-corrected chi connectivity index (χ3v) is 5.09. The molecule has 2 aliphatic rings. The second-order valence-corrected chi connectivity index (χ2v) is 6.92. The number of imidazole rings is 1. The second-order valence-electron chi connectivity index (χ2n) is 6.92. The molecule has 0 unspecified atom stereocenters. The fourth-order valence-electron chi connectivity index (χ4n) is 3.67. The molecular weight excluding hydrogens is 270 g/mol. The van der Waals surface area contributed by atoms with Crippen LogP contribution in [0.4, 0.5) is 0 Å². The molecule has 1 aromatic heterocycles. The van der Waals surface area contributed by atoms with Crippen LogP contribution in [0.2, 0.25) is 0 Å². The highest BCUT2D eigenvalue weighted by Gasteiger charge is 2.28. The van der Waals surface area contributed by atoms with Crippen molar-refractivity contribution in [2.75, 3.05) is 13.1 Å². The average Bonchev–Trinajstić information content (AvgIpc) is 3.11. The Labute approximate surface area is 133 Å². The van der Waals surface area contributed by atoms with E-state index in [4.69, 9.17) is 0 Å². The number of nitrogens with zero attached hydrogens (tertiary/aromatic N) is 3. The van der Waals surface area contributed by atoms with E-state index < -0.39 is 0 Å². The van der Waals surface area contributed by atoms with Crippen LogP contribution in [0, 0.1) is 5.92 Å². The van der Waals surface area contributed by atoms with Crippen molar-refractivity contribution >= 4 is 0 Å². The van der Waals surface area contributed by atoms with E-state index in [2.05, 4.69) is 51.0 Å². The van der Waals surface area contributed by atoms with Crippen LogP contribution in [0.3, 0.4) is 0 Å². The monoisotopic (exact) mass is 295 g/mol. The van der Waals surface area contributed by atoms with Crippen molar-refractivity contribution in [3.05, 3.63) is 54.1 Å². The van der Waals surface area contributed by atoms with E-state index >= 15 is 0 Å². The molecule has 2 aromatic rings. The molecule has 0 radical (unpaired) electrons. The zero-order valence-corrected chi connectivity index (χ0v) is 13.2. The van der Waals surface area contributed by atoms with Crippen LogP contribution in [0.15, 0.2) is 42.7 Å². The summed E-state index contributed by atoms with van der Waals surface area (Å²) in [4.78, 5) is 7.15. The van der Waals surface area contributed by atoms with Crippen LogP contribution >= 0.6 is 0 Å². The quantitative estimate of drug-likeness (QED) is 0.810. The van der Waals surface area contributed by atoms with Gasteiger partial charge in [0.15, 0.2) is 0 Å². The Bertz CT molecular complexity index is 600. The molecule has 4 rings (SSSR count). The maximum absolute atomic E-state index is 4.55. The van der Waals surface area contributed by atoms with Gasteiger partial charge in [0.2, 0.25) is 0 Å². The van der Waals surface area contributed by atoms with E-state index in [-0.39, 0.29) is 0 Å². The van der Waals surface area contributed by atoms with Crippen LogP contribution in [0.1, 0.15) is 43.0 Å². The van der Waals surface area contributed by atoms with Gasteiger partial charge in [-0.2, -0.15) is 0 Å². The maximum Gasteiger partial charge on any atom is 0.111 e. The number of hydrogen-bond donors (Lipinski definition) is 0. The van der Waals surface area contributed by atoms with Crippen LogP contribution < -0.4 is 0 Å². The van der Waals surface area contributed by atoms with Gasteiger partial charge in [-0.1, -0.05) is 30.3 Å². The van der Waals surface area contributed by atoms with Gasteiger partial charge in [0.1, 0.15) is 5.82 Å². The largest absolute Gasteiger partial charge is 0.335 e. The average molecular weight is 295 g/mol. The van der Waals surface area contributed by atoms with Crippen LogP contribution in [-0.4, -0.2) is 27.5 Å². The van der Waals surface area contributed by atoms with Crippen molar-refractivity contribution in [3.8, 4) is 0 Å². The fourth-order valence-corrected chi connectivity index (χ4v) is 3.67. The smallest absolute Gasteiger partial charge is 0.111 e. The maximum atomic E-state index is 4.55. The Hall–Kier alpha value is -1.61. The number of rotatable bonds is 6. The molecule has 3 nitrogen and oxygen atoms in total. The molecule has 1 aliphatic carbocycles. The van der Waals surface area contributed by atoms with Gasteiger partial charge >= 0.3 is 0 Å². The van der Waals surface area contributed by atoms with Gasteiger partial charge in [0, 0.05) is 37.9 Å². The summed E-state index contributed by atoms with van der Waals surface area (Å²) in [6.07, 6.45) is 9.46. The highest BCUT2D eigenvalue weighted by Crippen LogP contribution is 2.39. The molecule has 1 aromatic carbocycles. The van der Waals surface area contributed by atoms with Gasteiger partial charge in [-0.25, -0.2) is 4.98 Å². The summed E-state index contributed by atoms with van der Waals surface area (Å²) < 4.78 is 2.40. The fraction of sp³-hybridized carbons (Fsp3) is 0.526. The number of aryl methyl sites for hydroxylation is 1. The van der Waals surface area contributed by atoms with Crippen molar-refractivity contribution in [1.29, 1.82) is 0 Å². The first-order valence-corrected chi connectivity index (χ1v) is 8.66. The summed E-state index contributed by atoms with van der Waals surface area (Å²) in [5, 5.41) is 0. The molecule has 0 N–H and O–H groups in total. The topological polar surface area (TPSA) is 21.1 Å². The molecule has 0 spiro atoms. The molecular formula is C19H25N3.